The number of benzene rings is 3. The molecule has 0 bridgehead atoms. The van der Waals surface area contributed by atoms with Crippen LogP contribution in [0.1, 0.15) is 21.5 Å². The van der Waals surface area contributed by atoms with E-state index in [-0.39, 0.29) is 17.1 Å². The highest BCUT2D eigenvalue weighted by atomic mass is 35.5. The van der Waals surface area contributed by atoms with Gasteiger partial charge in [0, 0.05) is 12.1 Å². The Balaban J connectivity index is 1.71. The minimum Gasteiger partial charge on any atom is -0.489 e. The Labute approximate surface area is 166 Å². The standard InChI is InChI=1S/C21H16Cl2FNO2/c22-18-8-4-7-17(20(18)23)21(26)25-12-15-11-16(24)9-10-19(15)27-13-14-5-2-1-3-6-14/h1-11H,12-13H2,(H,25,26). The number of nitrogens with one attached hydrogen (secondary N) is 1. The van der Waals surface area contributed by atoms with Gasteiger partial charge in [-0.2, -0.15) is 0 Å². The molecule has 0 unspecified atom stereocenters. The lowest BCUT2D eigenvalue weighted by atomic mass is 10.1. The fraction of sp³-hybridized carbons (Fsp3) is 0.0952. The maximum absolute atomic E-state index is 13.7. The van der Waals surface area contributed by atoms with Crippen LogP contribution in [0.5, 0.6) is 5.75 Å². The second-order valence-electron chi connectivity index (χ2n) is 5.81. The number of amides is 1. The molecule has 1 N–H and O–H groups in total. The van der Waals surface area contributed by atoms with Crippen molar-refractivity contribution in [1.82, 2.24) is 5.32 Å². The van der Waals surface area contributed by atoms with Crippen molar-refractivity contribution < 1.29 is 13.9 Å². The van der Waals surface area contributed by atoms with E-state index in [2.05, 4.69) is 5.32 Å². The zero-order valence-corrected chi connectivity index (χ0v) is 15.7. The first-order chi connectivity index (χ1) is 13.0. The lowest BCUT2D eigenvalue weighted by Gasteiger charge is -2.13. The molecule has 0 atom stereocenters. The molecular formula is C21H16Cl2FNO2. The molecule has 0 spiro atoms. The predicted molar refractivity (Wildman–Crippen MR) is 105 cm³/mol. The Morgan fingerprint density at radius 3 is 2.56 bits per heavy atom. The fourth-order valence-electron chi connectivity index (χ4n) is 2.51. The normalized spacial score (nSPS) is 10.5. The molecule has 0 aliphatic rings. The van der Waals surface area contributed by atoms with E-state index in [4.69, 9.17) is 27.9 Å². The van der Waals surface area contributed by atoms with Crippen LogP contribution in [0.25, 0.3) is 0 Å². The smallest absolute Gasteiger partial charge is 0.253 e. The number of halogens is 3. The van der Waals surface area contributed by atoms with Crippen molar-refractivity contribution in [2.24, 2.45) is 0 Å². The van der Waals surface area contributed by atoms with Crippen LogP contribution in [-0.2, 0) is 13.2 Å². The van der Waals surface area contributed by atoms with Crippen LogP contribution < -0.4 is 10.1 Å². The second kappa shape index (κ2) is 8.89. The largest absolute Gasteiger partial charge is 0.489 e. The van der Waals surface area contributed by atoms with Crippen LogP contribution in [0.2, 0.25) is 10.0 Å². The minimum atomic E-state index is -0.410. The van der Waals surface area contributed by atoms with Crippen LogP contribution >= 0.6 is 23.2 Å². The summed E-state index contributed by atoms with van der Waals surface area (Å²) in [6, 6.07) is 18.6. The van der Waals surface area contributed by atoms with E-state index in [0.29, 0.717) is 22.9 Å². The zero-order chi connectivity index (χ0) is 19.2. The first-order valence-corrected chi connectivity index (χ1v) is 8.97. The van der Waals surface area contributed by atoms with Gasteiger partial charge in [0.1, 0.15) is 18.2 Å². The lowest BCUT2D eigenvalue weighted by molar-refractivity contribution is 0.0950. The van der Waals surface area contributed by atoms with Crippen LogP contribution in [0.4, 0.5) is 4.39 Å². The van der Waals surface area contributed by atoms with Crippen molar-refractivity contribution in [1.29, 1.82) is 0 Å². The maximum Gasteiger partial charge on any atom is 0.253 e. The van der Waals surface area contributed by atoms with E-state index in [1.807, 2.05) is 30.3 Å². The van der Waals surface area contributed by atoms with Gasteiger partial charge in [0.25, 0.3) is 5.91 Å². The molecule has 6 heteroatoms. The van der Waals surface area contributed by atoms with Crippen molar-refractivity contribution in [2.75, 3.05) is 0 Å². The summed E-state index contributed by atoms with van der Waals surface area (Å²) in [6.07, 6.45) is 0. The third kappa shape index (κ3) is 5.00. The number of ether oxygens (including phenoxy) is 1. The summed E-state index contributed by atoms with van der Waals surface area (Å²) in [5.74, 6) is -0.314. The third-order valence-corrected chi connectivity index (χ3v) is 4.71. The summed E-state index contributed by atoms with van der Waals surface area (Å²) in [4.78, 5) is 12.4. The lowest BCUT2D eigenvalue weighted by Crippen LogP contribution is -2.23. The number of rotatable bonds is 6. The van der Waals surface area contributed by atoms with Gasteiger partial charge in [0.15, 0.2) is 0 Å². The molecule has 0 saturated carbocycles. The van der Waals surface area contributed by atoms with Gasteiger partial charge >= 0.3 is 0 Å². The van der Waals surface area contributed by atoms with E-state index in [0.717, 1.165) is 5.56 Å². The van der Waals surface area contributed by atoms with Gasteiger partial charge in [0.2, 0.25) is 0 Å². The van der Waals surface area contributed by atoms with Crippen LogP contribution in [-0.4, -0.2) is 5.91 Å². The second-order valence-corrected chi connectivity index (χ2v) is 6.60. The Kier molecular flexibility index (Phi) is 6.32. The zero-order valence-electron chi connectivity index (χ0n) is 14.2. The summed E-state index contributed by atoms with van der Waals surface area (Å²) < 4.78 is 19.5. The topological polar surface area (TPSA) is 38.3 Å². The molecular weight excluding hydrogens is 388 g/mol. The van der Waals surface area contributed by atoms with Gasteiger partial charge in [-0.1, -0.05) is 59.6 Å². The molecule has 3 nitrogen and oxygen atoms in total. The average molecular weight is 404 g/mol. The average Bonchev–Trinajstić information content (AvgIpc) is 2.68. The van der Waals surface area contributed by atoms with E-state index in [1.165, 1.54) is 12.1 Å². The number of hydrogen-bond acceptors (Lipinski definition) is 2. The summed E-state index contributed by atoms with van der Waals surface area (Å²) in [5.41, 5.74) is 1.77. The molecule has 138 valence electrons. The number of hydrogen-bond donors (Lipinski definition) is 1. The highest BCUT2D eigenvalue weighted by molar-refractivity contribution is 6.43. The van der Waals surface area contributed by atoms with Crippen molar-refractivity contribution in [2.45, 2.75) is 13.2 Å². The molecule has 3 aromatic carbocycles. The van der Waals surface area contributed by atoms with Crippen molar-refractivity contribution in [3.63, 3.8) is 0 Å². The van der Waals surface area contributed by atoms with Gasteiger partial charge in [-0.3, -0.25) is 4.79 Å². The van der Waals surface area contributed by atoms with Gasteiger partial charge in [-0.05, 0) is 35.9 Å². The molecule has 0 aliphatic carbocycles. The summed E-state index contributed by atoms with van der Waals surface area (Å²) >= 11 is 12.0. The molecule has 0 radical (unpaired) electrons. The highest BCUT2D eigenvalue weighted by Gasteiger charge is 2.14. The van der Waals surface area contributed by atoms with Crippen molar-refractivity contribution >= 4 is 29.1 Å². The van der Waals surface area contributed by atoms with Crippen molar-refractivity contribution in [3.8, 4) is 5.75 Å². The quantitative estimate of drug-likeness (QED) is 0.577. The van der Waals surface area contributed by atoms with E-state index >= 15 is 0 Å². The fourth-order valence-corrected chi connectivity index (χ4v) is 2.90. The Morgan fingerprint density at radius 2 is 1.78 bits per heavy atom. The molecule has 3 rings (SSSR count). The monoisotopic (exact) mass is 403 g/mol. The first-order valence-electron chi connectivity index (χ1n) is 8.22. The molecule has 0 saturated heterocycles. The predicted octanol–water partition coefficient (Wildman–Crippen LogP) is 5.64. The van der Waals surface area contributed by atoms with Gasteiger partial charge in [0.05, 0.1) is 15.6 Å². The van der Waals surface area contributed by atoms with Crippen LogP contribution in [0.15, 0.2) is 66.7 Å². The Morgan fingerprint density at radius 1 is 1.00 bits per heavy atom. The minimum absolute atomic E-state index is 0.0869. The molecule has 3 aromatic rings. The first kappa shape index (κ1) is 19.2. The van der Waals surface area contributed by atoms with E-state index in [1.54, 1.807) is 24.3 Å². The number of carbonyl (C=O) groups is 1. The van der Waals surface area contributed by atoms with Crippen molar-refractivity contribution in [3.05, 3.63) is 99.3 Å². The number of carbonyl (C=O) groups excluding carboxylic acids is 1. The highest BCUT2D eigenvalue weighted by Crippen LogP contribution is 2.26. The molecule has 27 heavy (non-hydrogen) atoms. The van der Waals surface area contributed by atoms with Crippen LogP contribution in [0, 0.1) is 5.82 Å². The van der Waals surface area contributed by atoms with Gasteiger partial charge < -0.3 is 10.1 Å². The van der Waals surface area contributed by atoms with E-state index in [9.17, 15) is 9.18 Å². The molecule has 0 aromatic heterocycles. The van der Waals surface area contributed by atoms with Crippen LogP contribution in [0.3, 0.4) is 0 Å². The molecule has 0 heterocycles. The summed E-state index contributed by atoms with van der Waals surface area (Å²) in [7, 11) is 0. The third-order valence-electron chi connectivity index (χ3n) is 3.90. The summed E-state index contributed by atoms with van der Waals surface area (Å²) in [6.45, 7) is 0.428. The maximum atomic E-state index is 13.7. The molecule has 0 aliphatic heterocycles. The van der Waals surface area contributed by atoms with Gasteiger partial charge in [-0.25, -0.2) is 4.39 Å². The molecule has 1 amide bonds. The Hall–Kier alpha value is -2.56. The van der Waals surface area contributed by atoms with Gasteiger partial charge in [-0.15, -0.1) is 0 Å². The SMILES string of the molecule is O=C(NCc1cc(F)ccc1OCc1ccccc1)c1cccc(Cl)c1Cl. The molecule has 0 fully saturated rings. The summed E-state index contributed by atoms with van der Waals surface area (Å²) in [5, 5.41) is 3.19. The van der Waals surface area contributed by atoms with E-state index < -0.39 is 11.7 Å². The Bertz CT molecular complexity index is 948.